The summed E-state index contributed by atoms with van der Waals surface area (Å²) in [5, 5.41) is 2.01. The van der Waals surface area contributed by atoms with Crippen LogP contribution in [0, 0.1) is 5.82 Å². The number of aryl methyl sites for hydroxylation is 2. The first-order chi connectivity index (χ1) is 8.74. The van der Waals surface area contributed by atoms with Crippen molar-refractivity contribution < 1.29 is 4.39 Å². The highest BCUT2D eigenvalue weighted by Gasteiger charge is 2.09. The van der Waals surface area contributed by atoms with Crippen LogP contribution in [-0.4, -0.2) is 14.5 Å². The fourth-order valence-electron chi connectivity index (χ4n) is 1.94. The smallest absolute Gasteiger partial charge is 0.201 e. The van der Waals surface area contributed by atoms with E-state index in [4.69, 9.17) is 5.73 Å². The summed E-state index contributed by atoms with van der Waals surface area (Å²) >= 11 is 1.57. The lowest BCUT2D eigenvalue weighted by atomic mass is 10.3. The zero-order valence-corrected chi connectivity index (χ0v) is 10.3. The van der Waals surface area contributed by atoms with Crippen LogP contribution in [-0.2, 0) is 13.0 Å². The monoisotopic (exact) mass is 262 g/mol. The molecule has 1 aromatic carbocycles. The zero-order valence-electron chi connectivity index (χ0n) is 9.51. The van der Waals surface area contributed by atoms with Crippen LogP contribution in [0.15, 0.2) is 29.1 Å². The number of nitrogens with zero attached hydrogens (tertiary/aromatic N) is 3. The Balaban J connectivity index is 1.93. The maximum absolute atomic E-state index is 13.1. The third kappa shape index (κ3) is 1.95. The third-order valence-electron chi connectivity index (χ3n) is 2.81. The molecule has 0 saturated carbocycles. The number of imidazole rings is 1. The molecule has 92 valence electrons. The molecule has 0 radical (unpaired) electrons. The Morgan fingerprint density at radius 2 is 2.28 bits per heavy atom. The van der Waals surface area contributed by atoms with Crippen LogP contribution in [0.1, 0.15) is 5.69 Å². The first-order valence-corrected chi connectivity index (χ1v) is 6.46. The SMILES string of the molecule is Nc1nc2cc(F)ccc2n1CCc1cscn1. The molecule has 18 heavy (non-hydrogen) atoms. The summed E-state index contributed by atoms with van der Waals surface area (Å²) in [5.41, 5.74) is 10.1. The number of anilines is 1. The van der Waals surface area contributed by atoms with Gasteiger partial charge in [0, 0.05) is 24.4 Å². The Morgan fingerprint density at radius 3 is 3.06 bits per heavy atom. The maximum atomic E-state index is 13.1. The molecule has 3 aromatic rings. The molecular formula is C12H11FN4S. The minimum Gasteiger partial charge on any atom is -0.369 e. The van der Waals surface area contributed by atoms with Crippen molar-refractivity contribution in [3.63, 3.8) is 0 Å². The fourth-order valence-corrected chi connectivity index (χ4v) is 2.54. The first kappa shape index (κ1) is 11.2. The molecule has 0 unspecified atom stereocenters. The van der Waals surface area contributed by atoms with Gasteiger partial charge in [-0.15, -0.1) is 11.3 Å². The van der Waals surface area contributed by atoms with E-state index < -0.39 is 0 Å². The van der Waals surface area contributed by atoms with E-state index in [9.17, 15) is 4.39 Å². The van der Waals surface area contributed by atoms with Crippen LogP contribution in [0.2, 0.25) is 0 Å². The Kier molecular flexibility index (Phi) is 2.71. The quantitative estimate of drug-likeness (QED) is 0.788. The number of hydrogen-bond acceptors (Lipinski definition) is 4. The van der Waals surface area contributed by atoms with E-state index in [2.05, 4.69) is 9.97 Å². The largest absolute Gasteiger partial charge is 0.369 e. The van der Waals surface area contributed by atoms with Gasteiger partial charge in [-0.2, -0.15) is 0 Å². The molecule has 2 N–H and O–H groups in total. The van der Waals surface area contributed by atoms with Crippen molar-refractivity contribution in [2.45, 2.75) is 13.0 Å². The van der Waals surface area contributed by atoms with Crippen molar-refractivity contribution in [2.75, 3.05) is 5.73 Å². The van der Waals surface area contributed by atoms with Crippen LogP contribution in [0.4, 0.5) is 10.3 Å². The number of halogens is 1. The van der Waals surface area contributed by atoms with Crippen molar-refractivity contribution in [1.82, 2.24) is 14.5 Å². The molecule has 2 aromatic heterocycles. The molecule has 0 aliphatic carbocycles. The predicted octanol–water partition coefficient (Wildman–Crippen LogP) is 2.46. The lowest BCUT2D eigenvalue weighted by Gasteiger charge is -2.04. The van der Waals surface area contributed by atoms with Gasteiger partial charge in [-0.1, -0.05) is 0 Å². The summed E-state index contributed by atoms with van der Waals surface area (Å²) in [5.74, 6) is 0.109. The standard InChI is InChI=1S/C12H11FN4S/c13-8-1-2-11-10(5-8)16-12(14)17(11)4-3-9-6-18-7-15-9/h1-2,5-7H,3-4H2,(H2,14,16). The number of rotatable bonds is 3. The number of nitrogens with two attached hydrogens (primary N) is 1. The summed E-state index contributed by atoms with van der Waals surface area (Å²) in [4.78, 5) is 8.38. The van der Waals surface area contributed by atoms with E-state index in [1.54, 1.807) is 22.9 Å². The van der Waals surface area contributed by atoms with Gasteiger partial charge in [-0.3, -0.25) is 0 Å². The second-order valence-electron chi connectivity index (χ2n) is 3.98. The Labute approximate surface area is 107 Å². The highest BCUT2D eigenvalue weighted by atomic mass is 32.1. The van der Waals surface area contributed by atoms with E-state index in [1.807, 2.05) is 9.95 Å². The molecule has 3 rings (SSSR count). The van der Waals surface area contributed by atoms with Crippen LogP contribution in [0.5, 0.6) is 0 Å². The second kappa shape index (κ2) is 4.38. The fraction of sp³-hybridized carbons (Fsp3) is 0.167. The van der Waals surface area contributed by atoms with E-state index in [0.29, 0.717) is 18.0 Å². The summed E-state index contributed by atoms with van der Waals surface area (Å²) < 4.78 is 15.0. The van der Waals surface area contributed by atoms with Gasteiger partial charge in [0.05, 0.1) is 22.2 Å². The molecule has 0 saturated heterocycles. The number of hydrogen-bond donors (Lipinski definition) is 1. The van der Waals surface area contributed by atoms with Gasteiger partial charge in [0.1, 0.15) is 5.82 Å². The number of aromatic nitrogens is 3. The summed E-state index contributed by atoms with van der Waals surface area (Å²) in [6.45, 7) is 0.692. The molecular weight excluding hydrogens is 251 g/mol. The van der Waals surface area contributed by atoms with Crippen LogP contribution in [0.3, 0.4) is 0 Å². The minimum absolute atomic E-state index is 0.299. The van der Waals surface area contributed by atoms with Crippen molar-refractivity contribution in [3.05, 3.63) is 40.6 Å². The van der Waals surface area contributed by atoms with Crippen molar-refractivity contribution >= 4 is 28.3 Å². The molecule has 0 atom stereocenters. The van der Waals surface area contributed by atoms with Crippen LogP contribution >= 0.6 is 11.3 Å². The Bertz CT molecular complexity index is 675. The van der Waals surface area contributed by atoms with Gasteiger partial charge in [-0.05, 0) is 12.1 Å². The summed E-state index contributed by atoms with van der Waals surface area (Å²) in [6.07, 6.45) is 0.788. The second-order valence-corrected chi connectivity index (χ2v) is 4.70. The normalized spacial score (nSPS) is 11.2. The predicted molar refractivity (Wildman–Crippen MR) is 69.9 cm³/mol. The Hall–Kier alpha value is -1.95. The Morgan fingerprint density at radius 1 is 1.39 bits per heavy atom. The van der Waals surface area contributed by atoms with Crippen molar-refractivity contribution in [1.29, 1.82) is 0 Å². The zero-order chi connectivity index (χ0) is 12.5. The van der Waals surface area contributed by atoms with Crippen molar-refractivity contribution in [2.24, 2.45) is 0 Å². The molecule has 0 fully saturated rings. The molecule has 2 heterocycles. The van der Waals surface area contributed by atoms with Crippen molar-refractivity contribution in [3.8, 4) is 0 Å². The van der Waals surface area contributed by atoms with Crippen LogP contribution in [0.25, 0.3) is 11.0 Å². The summed E-state index contributed by atoms with van der Waals surface area (Å²) in [7, 11) is 0. The average molecular weight is 262 g/mol. The van der Waals surface area contributed by atoms with Gasteiger partial charge in [0.2, 0.25) is 5.95 Å². The molecule has 6 heteroatoms. The van der Waals surface area contributed by atoms with E-state index in [-0.39, 0.29) is 5.82 Å². The molecule has 0 bridgehead atoms. The molecule has 0 aliphatic heterocycles. The third-order valence-corrected chi connectivity index (χ3v) is 3.45. The van der Waals surface area contributed by atoms with E-state index in [0.717, 1.165) is 17.6 Å². The number of benzene rings is 1. The van der Waals surface area contributed by atoms with Gasteiger partial charge in [0.25, 0.3) is 0 Å². The minimum atomic E-state index is -0.299. The van der Waals surface area contributed by atoms with Gasteiger partial charge < -0.3 is 10.3 Å². The number of fused-ring (bicyclic) bond motifs is 1. The van der Waals surface area contributed by atoms with E-state index in [1.165, 1.54) is 12.1 Å². The average Bonchev–Trinajstić information content (AvgIpc) is 2.93. The van der Waals surface area contributed by atoms with Gasteiger partial charge >= 0.3 is 0 Å². The van der Waals surface area contributed by atoms with E-state index >= 15 is 0 Å². The van der Waals surface area contributed by atoms with Gasteiger partial charge in [-0.25, -0.2) is 14.4 Å². The lowest BCUT2D eigenvalue weighted by molar-refractivity contribution is 0.629. The van der Waals surface area contributed by atoms with Crippen LogP contribution < -0.4 is 5.73 Å². The lowest BCUT2D eigenvalue weighted by Crippen LogP contribution is -2.05. The molecule has 4 nitrogen and oxygen atoms in total. The highest BCUT2D eigenvalue weighted by molar-refractivity contribution is 7.07. The summed E-state index contributed by atoms with van der Waals surface area (Å²) in [6, 6.07) is 4.52. The molecule has 0 amide bonds. The molecule has 0 aliphatic rings. The first-order valence-electron chi connectivity index (χ1n) is 5.52. The van der Waals surface area contributed by atoms with Gasteiger partial charge in [0.15, 0.2) is 0 Å². The number of thiazole rings is 1. The topological polar surface area (TPSA) is 56.7 Å². The highest BCUT2D eigenvalue weighted by Crippen LogP contribution is 2.19. The molecule has 0 spiro atoms. The number of nitrogen functional groups attached to an aromatic ring is 1. The maximum Gasteiger partial charge on any atom is 0.201 e.